The quantitative estimate of drug-likeness (QED) is 0.722. The lowest BCUT2D eigenvalue weighted by Gasteiger charge is -2.21. The van der Waals surface area contributed by atoms with Crippen molar-refractivity contribution in [3.05, 3.63) is 41.0 Å². The SMILES string of the molecule is CCCNC(=O)c1cccc(NC(=O)C(C)=C2CNC2)c1. The fourth-order valence-corrected chi connectivity index (χ4v) is 1.98. The van der Waals surface area contributed by atoms with Crippen LogP contribution >= 0.6 is 0 Å². The second-order valence-corrected chi connectivity index (χ2v) is 5.12. The molecule has 21 heavy (non-hydrogen) atoms. The van der Waals surface area contributed by atoms with Crippen LogP contribution in [-0.4, -0.2) is 31.4 Å². The summed E-state index contributed by atoms with van der Waals surface area (Å²) in [6.45, 7) is 6.02. The van der Waals surface area contributed by atoms with Crippen molar-refractivity contribution in [2.45, 2.75) is 20.3 Å². The topological polar surface area (TPSA) is 70.2 Å². The Balaban J connectivity index is 2.04. The largest absolute Gasteiger partial charge is 0.352 e. The third-order valence-corrected chi connectivity index (χ3v) is 3.47. The Kier molecular flexibility index (Phi) is 5.11. The molecule has 0 aromatic heterocycles. The van der Waals surface area contributed by atoms with Crippen LogP contribution in [-0.2, 0) is 4.79 Å². The molecule has 1 saturated heterocycles. The summed E-state index contributed by atoms with van der Waals surface area (Å²) in [6, 6.07) is 6.98. The Morgan fingerprint density at radius 1 is 1.29 bits per heavy atom. The van der Waals surface area contributed by atoms with Gasteiger partial charge in [0, 0.05) is 36.5 Å². The number of amides is 2. The summed E-state index contributed by atoms with van der Waals surface area (Å²) >= 11 is 0. The summed E-state index contributed by atoms with van der Waals surface area (Å²) in [4.78, 5) is 24.0. The van der Waals surface area contributed by atoms with Crippen molar-refractivity contribution in [1.29, 1.82) is 0 Å². The number of hydrogen-bond donors (Lipinski definition) is 3. The molecule has 5 nitrogen and oxygen atoms in total. The van der Waals surface area contributed by atoms with Gasteiger partial charge in [-0.25, -0.2) is 0 Å². The van der Waals surface area contributed by atoms with E-state index in [2.05, 4.69) is 16.0 Å². The summed E-state index contributed by atoms with van der Waals surface area (Å²) in [5.74, 6) is -0.233. The first-order chi connectivity index (χ1) is 10.1. The monoisotopic (exact) mass is 287 g/mol. The van der Waals surface area contributed by atoms with Gasteiger partial charge < -0.3 is 16.0 Å². The van der Waals surface area contributed by atoms with Crippen LogP contribution in [0.3, 0.4) is 0 Å². The standard InChI is InChI=1S/C16H21N3O2/c1-3-7-18-16(21)12-5-4-6-14(8-12)19-15(20)11(2)13-9-17-10-13/h4-6,8,17H,3,7,9-10H2,1-2H3,(H,18,21)(H,19,20). The molecule has 1 heterocycles. The van der Waals surface area contributed by atoms with Crippen molar-refractivity contribution >= 4 is 17.5 Å². The third-order valence-electron chi connectivity index (χ3n) is 3.47. The van der Waals surface area contributed by atoms with Gasteiger partial charge in [-0.3, -0.25) is 9.59 Å². The van der Waals surface area contributed by atoms with Gasteiger partial charge in [0.1, 0.15) is 0 Å². The summed E-state index contributed by atoms with van der Waals surface area (Å²) < 4.78 is 0. The van der Waals surface area contributed by atoms with Gasteiger partial charge >= 0.3 is 0 Å². The molecule has 1 aliphatic heterocycles. The number of carbonyl (C=O) groups is 2. The maximum Gasteiger partial charge on any atom is 0.251 e. The highest BCUT2D eigenvalue weighted by Crippen LogP contribution is 2.14. The first-order valence-electron chi connectivity index (χ1n) is 7.20. The molecule has 0 saturated carbocycles. The highest BCUT2D eigenvalue weighted by Gasteiger charge is 2.16. The van der Waals surface area contributed by atoms with Crippen molar-refractivity contribution in [3.8, 4) is 0 Å². The number of benzene rings is 1. The molecular weight excluding hydrogens is 266 g/mol. The van der Waals surface area contributed by atoms with Crippen molar-refractivity contribution in [1.82, 2.24) is 10.6 Å². The van der Waals surface area contributed by atoms with Gasteiger partial charge in [-0.2, -0.15) is 0 Å². The molecule has 0 aliphatic carbocycles. The fraction of sp³-hybridized carbons (Fsp3) is 0.375. The highest BCUT2D eigenvalue weighted by molar-refractivity contribution is 6.05. The summed E-state index contributed by atoms with van der Waals surface area (Å²) in [7, 11) is 0. The normalized spacial score (nSPS) is 13.3. The zero-order chi connectivity index (χ0) is 15.2. The molecule has 0 radical (unpaired) electrons. The van der Waals surface area contributed by atoms with Crippen LogP contribution in [0.1, 0.15) is 30.6 Å². The van der Waals surface area contributed by atoms with Gasteiger partial charge in [-0.1, -0.05) is 13.0 Å². The van der Waals surface area contributed by atoms with Crippen LogP contribution in [0.5, 0.6) is 0 Å². The van der Waals surface area contributed by atoms with Crippen LogP contribution in [0.15, 0.2) is 35.4 Å². The first-order valence-corrected chi connectivity index (χ1v) is 7.20. The average molecular weight is 287 g/mol. The Morgan fingerprint density at radius 2 is 2.05 bits per heavy atom. The van der Waals surface area contributed by atoms with Gasteiger partial charge in [0.05, 0.1) is 0 Å². The average Bonchev–Trinajstić information content (AvgIpc) is 2.43. The van der Waals surface area contributed by atoms with E-state index in [-0.39, 0.29) is 11.8 Å². The summed E-state index contributed by atoms with van der Waals surface area (Å²) in [6.07, 6.45) is 0.892. The molecule has 1 aromatic rings. The van der Waals surface area contributed by atoms with Crippen LogP contribution in [0.25, 0.3) is 0 Å². The maximum atomic E-state index is 12.1. The number of hydrogen-bond acceptors (Lipinski definition) is 3. The molecule has 3 N–H and O–H groups in total. The molecule has 112 valence electrons. The lowest BCUT2D eigenvalue weighted by Crippen LogP contribution is -2.36. The zero-order valence-corrected chi connectivity index (χ0v) is 12.5. The summed E-state index contributed by atoms with van der Waals surface area (Å²) in [5, 5.41) is 8.77. The number of nitrogens with one attached hydrogen (secondary N) is 3. The van der Waals surface area contributed by atoms with Crippen LogP contribution < -0.4 is 16.0 Å². The number of carbonyl (C=O) groups excluding carboxylic acids is 2. The molecule has 5 heteroatoms. The molecule has 2 rings (SSSR count). The van der Waals surface area contributed by atoms with E-state index >= 15 is 0 Å². The molecular formula is C16H21N3O2. The van der Waals surface area contributed by atoms with Crippen molar-refractivity contribution in [2.24, 2.45) is 0 Å². The van der Waals surface area contributed by atoms with E-state index in [1.165, 1.54) is 0 Å². The third kappa shape index (κ3) is 3.92. The van der Waals surface area contributed by atoms with E-state index in [1.54, 1.807) is 24.3 Å². The van der Waals surface area contributed by atoms with Gasteiger partial charge in [0.25, 0.3) is 11.8 Å². The van der Waals surface area contributed by atoms with E-state index in [4.69, 9.17) is 0 Å². The van der Waals surface area contributed by atoms with E-state index < -0.39 is 0 Å². The van der Waals surface area contributed by atoms with Gasteiger partial charge in [0.2, 0.25) is 0 Å². The van der Waals surface area contributed by atoms with E-state index in [1.807, 2.05) is 13.8 Å². The van der Waals surface area contributed by atoms with E-state index in [9.17, 15) is 9.59 Å². The molecule has 0 atom stereocenters. The van der Waals surface area contributed by atoms with Crippen molar-refractivity contribution in [3.63, 3.8) is 0 Å². The molecule has 0 unspecified atom stereocenters. The zero-order valence-electron chi connectivity index (χ0n) is 12.5. The van der Waals surface area contributed by atoms with Crippen LogP contribution in [0.2, 0.25) is 0 Å². The Hall–Kier alpha value is -2.14. The number of rotatable bonds is 5. The Bertz CT molecular complexity index is 573. The van der Waals surface area contributed by atoms with Crippen LogP contribution in [0, 0.1) is 0 Å². The van der Waals surface area contributed by atoms with Crippen LogP contribution in [0.4, 0.5) is 5.69 Å². The molecule has 0 bridgehead atoms. The Morgan fingerprint density at radius 3 is 2.67 bits per heavy atom. The molecule has 1 aromatic carbocycles. The maximum absolute atomic E-state index is 12.1. The lowest BCUT2D eigenvalue weighted by molar-refractivity contribution is -0.112. The predicted molar refractivity (Wildman–Crippen MR) is 83.3 cm³/mol. The minimum atomic E-state index is -0.119. The second kappa shape index (κ2) is 7.04. The molecule has 1 fully saturated rings. The lowest BCUT2D eigenvalue weighted by atomic mass is 10.0. The van der Waals surface area contributed by atoms with Gasteiger partial charge in [0.15, 0.2) is 0 Å². The minimum Gasteiger partial charge on any atom is -0.352 e. The fourth-order valence-electron chi connectivity index (χ4n) is 1.98. The molecule has 0 spiro atoms. The van der Waals surface area contributed by atoms with E-state index in [0.29, 0.717) is 17.8 Å². The molecule has 2 amide bonds. The minimum absolute atomic E-state index is 0.113. The molecule has 1 aliphatic rings. The smallest absolute Gasteiger partial charge is 0.251 e. The first kappa shape index (κ1) is 15.3. The second-order valence-electron chi connectivity index (χ2n) is 5.12. The van der Waals surface area contributed by atoms with Gasteiger partial charge in [-0.15, -0.1) is 0 Å². The summed E-state index contributed by atoms with van der Waals surface area (Å²) in [5.41, 5.74) is 3.06. The highest BCUT2D eigenvalue weighted by atomic mass is 16.2. The Labute approximate surface area is 124 Å². The van der Waals surface area contributed by atoms with Crippen molar-refractivity contribution < 1.29 is 9.59 Å². The predicted octanol–water partition coefficient (Wildman–Crippen LogP) is 1.68. The van der Waals surface area contributed by atoms with Gasteiger partial charge in [-0.05, 0) is 37.1 Å². The van der Waals surface area contributed by atoms with Crippen molar-refractivity contribution in [2.75, 3.05) is 25.0 Å². The number of anilines is 1. The van der Waals surface area contributed by atoms with E-state index in [0.717, 1.165) is 30.7 Å².